The largest absolute Gasteiger partial charge is 0.354 e. The predicted octanol–water partition coefficient (Wildman–Crippen LogP) is 2.42. The second-order valence-electron chi connectivity index (χ2n) is 6.31. The molecular formula is C20H21FN4O3S. The first-order valence-corrected chi connectivity index (χ1v) is 10.5. The smallest absolute Gasteiger partial charge is 0.264 e. The van der Waals surface area contributed by atoms with Crippen molar-refractivity contribution in [3.8, 4) is 0 Å². The Kier molecular flexibility index (Phi) is 6.61. The number of para-hydroxylation sites is 1. The molecule has 1 heterocycles. The molecule has 9 heteroatoms. The molecule has 0 bridgehead atoms. The average Bonchev–Trinajstić information content (AvgIpc) is 3.24. The number of hydrogen-bond acceptors (Lipinski definition) is 4. The number of amides is 1. The summed E-state index contributed by atoms with van der Waals surface area (Å²) in [6, 6.07) is 12.9. The van der Waals surface area contributed by atoms with Crippen LogP contribution in [0.3, 0.4) is 0 Å². The molecule has 1 amide bonds. The van der Waals surface area contributed by atoms with Crippen LogP contribution in [0.4, 0.5) is 10.1 Å². The van der Waals surface area contributed by atoms with E-state index in [0.717, 1.165) is 16.4 Å². The Bertz CT molecular complexity index is 1020. The van der Waals surface area contributed by atoms with E-state index in [1.54, 1.807) is 42.9 Å². The summed E-state index contributed by atoms with van der Waals surface area (Å²) in [4.78, 5) is 16.3. The lowest BCUT2D eigenvalue weighted by molar-refractivity contribution is -0.119. The van der Waals surface area contributed by atoms with Gasteiger partial charge in [-0.3, -0.25) is 9.10 Å². The zero-order chi connectivity index (χ0) is 20.7. The Balaban J connectivity index is 1.70. The molecule has 0 radical (unpaired) electrons. The minimum Gasteiger partial charge on any atom is -0.354 e. The van der Waals surface area contributed by atoms with E-state index in [1.807, 2.05) is 10.8 Å². The van der Waals surface area contributed by atoms with Crippen LogP contribution >= 0.6 is 0 Å². The summed E-state index contributed by atoms with van der Waals surface area (Å²) in [5, 5.41) is 2.74. The molecule has 7 nitrogen and oxygen atoms in total. The molecule has 2 aromatic carbocycles. The Hall–Kier alpha value is -3.20. The van der Waals surface area contributed by atoms with E-state index in [0.29, 0.717) is 25.2 Å². The van der Waals surface area contributed by atoms with Crippen LogP contribution in [0.1, 0.15) is 6.42 Å². The van der Waals surface area contributed by atoms with Crippen LogP contribution in [-0.2, 0) is 21.4 Å². The standard InChI is InChI=1S/C20H21FN4O3S/c21-17-7-9-19(10-8-17)29(27,28)25(18-5-2-1-3-6-18)15-20(26)23-11-4-13-24-14-12-22-16-24/h1-3,5-10,12,14,16H,4,11,13,15H2,(H,23,26). The quantitative estimate of drug-likeness (QED) is 0.543. The van der Waals surface area contributed by atoms with Gasteiger partial charge in [0.15, 0.2) is 0 Å². The maximum atomic E-state index is 13.2. The Morgan fingerprint density at radius 1 is 1.10 bits per heavy atom. The highest BCUT2D eigenvalue weighted by molar-refractivity contribution is 7.92. The van der Waals surface area contributed by atoms with Gasteiger partial charge in [-0.15, -0.1) is 0 Å². The normalized spacial score (nSPS) is 11.2. The molecule has 152 valence electrons. The number of nitrogens with one attached hydrogen (secondary N) is 1. The SMILES string of the molecule is O=C(CN(c1ccccc1)S(=O)(=O)c1ccc(F)cc1)NCCCn1ccnc1. The Morgan fingerprint density at radius 3 is 2.48 bits per heavy atom. The highest BCUT2D eigenvalue weighted by Crippen LogP contribution is 2.23. The van der Waals surface area contributed by atoms with E-state index in [-0.39, 0.29) is 11.4 Å². The highest BCUT2D eigenvalue weighted by Gasteiger charge is 2.27. The van der Waals surface area contributed by atoms with Gasteiger partial charge >= 0.3 is 0 Å². The second-order valence-corrected chi connectivity index (χ2v) is 8.17. The number of rotatable bonds is 9. The van der Waals surface area contributed by atoms with Crippen LogP contribution in [0, 0.1) is 5.82 Å². The van der Waals surface area contributed by atoms with Gasteiger partial charge in [0.1, 0.15) is 12.4 Å². The molecule has 3 rings (SSSR count). The van der Waals surface area contributed by atoms with Crippen LogP contribution in [0.2, 0.25) is 0 Å². The third-order valence-corrected chi connectivity index (χ3v) is 6.00. The van der Waals surface area contributed by atoms with Crippen molar-refractivity contribution in [1.29, 1.82) is 0 Å². The minimum atomic E-state index is -4.04. The molecular weight excluding hydrogens is 395 g/mol. The van der Waals surface area contributed by atoms with Crippen molar-refractivity contribution in [2.45, 2.75) is 17.9 Å². The number of carbonyl (C=O) groups is 1. The van der Waals surface area contributed by atoms with Gasteiger partial charge in [-0.2, -0.15) is 0 Å². The van der Waals surface area contributed by atoms with Crippen LogP contribution in [-0.4, -0.2) is 37.0 Å². The van der Waals surface area contributed by atoms with E-state index in [4.69, 9.17) is 0 Å². The first-order chi connectivity index (χ1) is 14.0. The van der Waals surface area contributed by atoms with Crippen LogP contribution in [0.5, 0.6) is 0 Å². The summed E-state index contributed by atoms with van der Waals surface area (Å²) < 4.78 is 42.3. The molecule has 0 unspecified atom stereocenters. The summed E-state index contributed by atoms with van der Waals surface area (Å²) in [6.45, 7) is 0.710. The second kappa shape index (κ2) is 9.33. The van der Waals surface area contributed by atoms with Gasteiger partial charge in [0.05, 0.1) is 16.9 Å². The third-order valence-electron chi connectivity index (χ3n) is 4.21. The van der Waals surface area contributed by atoms with Gasteiger partial charge in [0.2, 0.25) is 5.91 Å². The average molecular weight is 416 g/mol. The van der Waals surface area contributed by atoms with E-state index in [1.165, 1.54) is 12.1 Å². The maximum absolute atomic E-state index is 13.2. The van der Waals surface area contributed by atoms with Crippen molar-refractivity contribution in [1.82, 2.24) is 14.9 Å². The van der Waals surface area contributed by atoms with Crippen molar-refractivity contribution in [2.75, 3.05) is 17.4 Å². The molecule has 29 heavy (non-hydrogen) atoms. The van der Waals surface area contributed by atoms with E-state index in [2.05, 4.69) is 10.3 Å². The number of benzene rings is 2. The fraction of sp³-hybridized carbons (Fsp3) is 0.200. The van der Waals surface area contributed by atoms with Gasteiger partial charge < -0.3 is 9.88 Å². The number of imidazole rings is 1. The number of hydrogen-bond donors (Lipinski definition) is 1. The number of anilines is 1. The molecule has 0 fully saturated rings. The number of nitrogens with zero attached hydrogens (tertiary/aromatic N) is 3. The van der Waals surface area contributed by atoms with Crippen molar-refractivity contribution in [3.05, 3.63) is 79.1 Å². The first kappa shape index (κ1) is 20.5. The maximum Gasteiger partial charge on any atom is 0.264 e. The summed E-state index contributed by atoms with van der Waals surface area (Å²) >= 11 is 0. The van der Waals surface area contributed by atoms with Crippen LogP contribution in [0.15, 0.2) is 78.2 Å². The van der Waals surface area contributed by atoms with Gasteiger partial charge in [-0.05, 0) is 42.8 Å². The zero-order valence-corrected chi connectivity index (χ0v) is 16.4. The summed E-state index contributed by atoms with van der Waals surface area (Å²) in [5.74, 6) is -0.962. The van der Waals surface area contributed by atoms with Crippen molar-refractivity contribution < 1.29 is 17.6 Å². The molecule has 0 aliphatic carbocycles. The highest BCUT2D eigenvalue weighted by atomic mass is 32.2. The van der Waals surface area contributed by atoms with Gasteiger partial charge in [-0.25, -0.2) is 17.8 Å². The van der Waals surface area contributed by atoms with Crippen LogP contribution in [0.25, 0.3) is 0 Å². The number of aryl methyl sites for hydroxylation is 1. The molecule has 0 aliphatic rings. The van der Waals surface area contributed by atoms with E-state index in [9.17, 15) is 17.6 Å². The zero-order valence-electron chi connectivity index (χ0n) is 15.6. The minimum absolute atomic E-state index is 0.0874. The van der Waals surface area contributed by atoms with Crippen molar-refractivity contribution in [2.24, 2.45) is 0 Å². The molecule has 1 aromatic heterocycles. The fourth-order valence-electron chi connectivity index (χ4n) is 2.74. The molecule has 0 aliphatic heterocycles. The molecule has 0 saturated heterocycles. The van der Waals surface area contributed by atoms with Gasteiger partial charge in [0, 0.05) is 25.5 Å². The molecule has 3 aromatic rings. The van der Waals surface area contributed by atoms with Crippen molar-refractivity contribution >= 4 is 21.6 Å². The topological polar surface area (TPSA) is 84.3 Å². The first-order valence-electron chi connectivity index (χ1n) is 9.02. The number of carbonyl (C=O) groups excluding carboxylic acids is 1. The summed E-state index contributed by atoms with van der Waals surface area (Å²) in [5.41, 5.74) is 0.352. The van der Waals surface area contributed by atoms with Gasteiger partial charge in [-0.1, -0.05) is 18.2 Å². The molecule has 1 N–H and O–H groups in total. The molecule has 0 spiro atoms. The fourth-order valence-corrected chi connectivity index (χ4v) is 4.16. The lowest BCUT2D eigenvalue weighted by Crippen LogP contribution is -2.41. The number of halogens is 1. The lowest BCUT2D eigenvalue weighted by atomic mass is 10.3. The number of sulfonamides is 1. The monoisotopic (exact) mass is 416 g/mol. The van der Waals surface area contributed by atoms with E-state index < -0.39 is 21.7 Å². The third kappa shape index (κ3) is 5.41. The summed E-state index contributed by atoms with van der Waals surface area (Å²) in [7, 11) is -4.04. The van der Waals surface area contributed by atoms with Crippen LogP contribution < -0.4 is 9.62 Å². The predicted molar refractivity (Wildman–Crippen MR) is 107 cm³/mol. The Morgan fingerprint density at radius 2 is 1.83 bits per heavy atom. The Labute approximate surface area is 168 Å². The molecule has 0 atom stereocenters. The lowest BCUT2D eigenvalue weighted by Gasteiger charge is -2.24. The summed E-state index contributed by atoms with van der Waals surface area (Å²) in [6.07, 6.45) is 5.87. The van der Waals surface area contributed by atoms with Gasteiger partial charge in [0.25, 0.3) is 10.0 Å². The molecule has 0 saturated carbocycles. The van der Waals surface area contributed by atoms with E-state index >= 15 is 0 Å². The van der Waals surface area contributed by atoms with Crippen molar-refractivity contribution in [3.63, 3.8) is 0 Å². The number of aromatic nitrogens is 2.